The number of ether oxygens (including phenoxy) is 1. The average Bonchev–Trinajstić information content (AvgIpc) is 2.75. The first-order valence-electron chi connectivity index (χ1n) is 5.97. The van der Waals surface area contributed by atoms with Gasteiger partial charge in [-0.25, -0.2) is 0 Å². The van der Waals surface area contributed by atoms with Gasteiger partial charge in [0.2, 0.25) is 0 Å². The topological polar surface area (TPSA) is 12.5 Å². The molecule has 0 saturated carbocycles. The van der Waals surface area contributed by atoms with Gasteiger partial charge in [0.05, 0.1) is 13.5 Å². The molecule has 1 aliphatic heterocycles. The molecular weight excluding hydrogens is 243 g/mol. The fourth-order valence-electron chi connectivity index (χ4n) is 2.43. The Balaban J connectivity index is 2.10. The molecule has 1 saturated heterocycles. The van der Waals surface area contributed by atoms with Crippen molar-refractivity contribution in [1.29, 1.82) is 0 Å². The van der Waals surface area contributed by atoms with Crippen molar-refractivity contribution in [3.63, 3.8) is 0 Å². The van der Waals surface area contributed by atoms with Gasteiger partial charge in [-0.15, -0.1) is 0 Å². The Bertz CT molecular complexity index is 388. The van der Waals surface area contributed by atoms with E-state index < -0.39 is 18.6 Å². The third-order valence-corrected chi connectivity index (χ3v) is 3.25. The zero-order valence-electron chi connectivity index (χ0n) is 10.2. The van der Waals surface area contributed by atoms with E-state index in [-0.39, 0.29) is 0 Å². The van der Waals surface area contributed by atoms with Gasteiger partial charge in [-0.1, -0.05) is 0 Å². The van der Waals surface area contributed by atoms with Crippen LogP contribution in [0.15, 0.2) is 24.3 Å². The van der Waals surface area contributed by atoms with Gasteiger partial charge in [0.1, 0.15) is 5.75 Å². The van der Waals surface area contributed by atoms with Gasteiger partial charge in [0.25, 0.3) is 0 Å². The lowest BCUT2D eigenvalue weighted by molar-refractivity contribution is -0.137. The summed E-state index contributed by atoms with van der Waals surface area (Å²) < 4.78 is 42.4. The van der Waals surface area contributed by atoms with Crippen LogP contribution in [-0.2, 0) is 0 Å². The molecule has 5 heteroatoms. The number of hydrogen-bond donors (Lipinski definition) is 0. The van der Waals surface area contributed by atoms with Crippen LogP contribution >= 0.6 is 0 Å². The van der Waals surface area contributed by atoms with Crippen LogP contribution in [0.25, 0.3) is 0 Å². The Morgan fingerprint density at radius 1 is 1.28 bits per heavy atom. The molecule has 100 valence electrons. The molecule has 0 spiro atoms. The first-order valence-corrected chi connectivity index (χ1v) is 5.97. The fraction of sp³-hybridized carbons (Fsp3) is 0.538. The minimum absolute atomic E-state index is 0.432. The van der Waals surface area contributed by atoms with Crippen LogP contribution in [0.5, 0.6) is 5.75 Å². The van der Waals surface area contributed by atoms with E-state index in [1.165, 1.54) is 0 Å². The molecule has 1 aromatic carbocycles. The number of benzene rings is 1. The number of nitrogens with zero attached hydrogens (tertiary/aromatic N) is 1. The van der Waals surface area contributed by atoms with E-state index in [0.29, 0.717) is 18.7 Å². The SMILES string of the molecule is COc1ccc(N2CCCC2CC(F)(F)F)cc1. The third-order valence-electron chi connectivity index (χ3n) is 3.25. The van der Waals surface area contributed by atoms with Crippen molar-refractivity contribution in [2.45, 2.75) is 31.5 Å². The molecule has 18 heavy (non-hydrogen) atoms. The molecule has 1 aromatic rings. The maximum Gasteiger partial charge on any atom is 0.391 e. The molecule has 2 rings (SSSR count). The summed E-state index contributed by atoms with van der Waals surface area (Å²) in [6.45, 7) is 0.688. The highest BCUT2D eigenvalue weighted by Crippen LogP contribution is 2.33. The van der Waals surface area contributed by atoms with Gasteiger partial charge < -0.3 is 9.64 Å². The first-order chi connectivity index (χ1) is 8.49. The molecular formula is C13H16F3NO. The van der Waals surface area contributed by atoms with Crippen LogP contribution in [0.4, 0.5) is 18.9 Å². The van der Waals surface area contributed by atoms with Crippen molar-refractivity contribution >= 4 is 5.69 Å². The Labute approximate surface area is 104 Å². The quantitative estimate of drug-likeness (QED) is 0.822. The van der Waals surface area contributed by atoms with E-state index >= 15 is 0 Å². The molecule has 0 amide bonds. The molecule has 2 nitrogen and oxygen atoms in total. The second-order valence-corrected chi connectivity index (χ2v) is 4.51. The predicted molar refractivity (Wildman–Crippen MR) is 64.0 cm³/mol. The number of alkyl halides is 3. The summed E-state index contributed by atoms with van der Waals surface area (Å²) in [5, 5.41) is 0. The Morgan fingerprint density at radius 3 is 2.50 bits per heavy atom. The lowest BCUT2D eigenvalue weighted by atomic mass is 10.1. The normalized spacial score (nSPS) is 20.2. The Kier molecular flexibility index (Phi) is 3.68. The minimum atomic E-state index is -4.10. The maximum absolute atomic E-state index is 12.5. The minimum Gasteiger partial charge on any atom is -0.497 e. The molecule has 0 radical (unpaired) electrons. The number of anilines is 1. The molecule has 1 atom stereocenters. The van der Waals surface area contributed by atoms with Crippen molar-refractivity contribution in [1.82, 2.24) is 0 Å². The zero-order valence-corrected chi connectivity index (χ0v) is 10.2. The average molecular weight is 259 g/mol. The second-order valence-electron chi connectivity index (χ2n) is 4.51. The summed E-state index contributed by atoms with van der Waals surface area (Å²) in [5.74, 6) is 0.713. The molecule has 1 unspecified atom stereocenters. The standard InChI is InChI=1S/C13H16F3NO/c1-18-12-6-4-10(5-7-12)17-8-2-3-11(17)9-13(14,15)16/h4-7,11H,2-3,8-9H2,1H3. The van der Waals surface area contributed by atoms with E-state index in [0.717, 1.165) is 12.1 Å². The van der Waals surface area contributed by atoms with E-state index in [4.69, 9.17) is 4.74 Å². The predicted octanol–water partition coefficient (Wildman–Crippen LogP) is 3.62. The highest BCUT2D eigenvalue weighted by atomic mass is 19.4. The van der Waals surface area contributed by atoms with Crippen molar-refractivity contribution in [2.75, 3.05) is 18.6 Å². The molecule has 0 aromatic heterocycles. The number of methoxy groups -OCH3 is 1. The molecule has 0 N–H and O–H groups in total. The third kappa shape index (κ3) is 3.09. The molecule has 0 bridgehead atoms. The van der Waals surface area contributed by atoms with Crippen LogP contribution in [0.3, 0.4) is 0 Å². The molecule has 0 aliphatic carbocycles. The Hall–Kier alpha value is -1.39. The van der Waals surface area contributed by atoms with Gasteiger partial charge in [0, 0.05) is 18.3 Å². The number of halogens is 3. The summed E-state index contributed by atoms with van der Waals surface area (Å²) in [5.41, 5.74) is 0.836. The van der Waals surface area contributed by atoms with Gasteiger partial charge in [-0.2, -0.15) is 13.2 Å². The lowest BCUT2D eigenvalue weighted by Gasteiger charge is -2.27. The van der Waals surface area contributed by atoms with Crippen molar-refractivity contribution in [3.05, 3.63) is 24.3 Å². The summed E-state index contributed by atoms with van der Waals surface area (Å²) in [7, 11) is 1.57. The maximum atomic E-state index is 12.5. The van der Waals surface area contributed by atoms with Crippen LogP contribution in [0.1, 0.15) is 19.3 Å². The summed E-state index contributed by atoms with van der Waals surface area (Å²) in [4.78, 5) is 1.84. The van der Waals surface area contributed by atoms with Crippen LogP contribution in [-0.4, -0.2) is 25.9 Å². The highest BCUT2D eigenvalue weighted by molar-refractivity contribution is 5.50. The lowest BCUT2D eigenvalue weighted by Crippen LogP contribution is -2.33. The van der Waals surface area contributed by atoms with Gasteiger partial charge in [0.15, 0.2) is 0 Å². The van der Waals surface area contributed by atoms with E-state index in [2.05, 4.69) is 0 Å². The van der Waals surface area contributed by atoms with E-state index in [1.54, 1.807) is 19.2 Å². The number of rotatable bonds is 3. The zero-order chi connectivity index (χ0) is 13.2. The molecule has 1 heterocycles. The summed E-state index contributed by atoms with van der Waals surface area (Å²) >= 11 is 0. The fourth-order valence-corrected chi connectivity index (χ4v) is 2.43. The largest absolute Gasteiger partial charge is 0.497 e. The summed E-state index contributed by atoms with van der Waals surface area (Å²) in [6.07, 6.45) is -3.42. The van der Waals surface area contributed by atoms with Crippen LogP contribution < -0.4 is 9.64 Å². The van der Waals surface area contributed by atoms with Gasteiger partial charge in [-0.05, 0) is 37.1 Å². The van der Waals surface area contributed by atoms with Gasteiger partial charge >= 0.3 is 6.18 Å². The van der Waals surface area contributed by atoms with E-state index in [9.17, 15) is 13.2 Å². The first kappa shape index (κ1) is 13.1. The van der Waals surface area contributed by atoms with Crippen molar-refractivity contribution < 1.29 is 17.9 Å². The molecule has 1 fully saturated rings. The summed E-state index contributed by atoms with van der Waals surface area (Å²) in [6, 6.07) is 6.75. The van der Waals surface area contributed by atoms with Crippen LogP contribution in [0, 0.1) is 0 Å². The monoisotopic (exact) mass is 259 g/mol. The molecule has 1 aliphatic rings. The van der Waals surface area contributed by atoms with Crippen LogP contribution in [0.2, 0.25) is 0 Å². The second kappa shape index (κ2) is 5.08. The smallest absolute Gasteiger partial charge is 0.391 e. The Morgan fingerprint density at radius 2 is 1.94 bits per heavy atom. The van der Waals surface area contributed by atoms with Gasteiger partial charge in [-0.3, -0.25) is 0 Å². The van der Waals surface area contributed by atoms with Crippen molar-refractivity contribution in [3.8, 4) is 5.75 Å². The van der Waals surface area contributed by atoms with Crippen molar-refractivity contribution in [2.24, 2.45) is 0 Å². The van der Waals surface area contributed by atoms with E-state index in [1.807, 2.05) is 17.0 Å². The highest BCUT2D eigenvalue weighted by Gasteiger charge is 2.36. The number of hydrogen-bond acceptors (Lipinski definition) is 2.